The number of hydrogen-bond acceptors (Lipinski definition) is 5. The molecule has 4 rings (SSSR count). The van der Waals surface area contributed by atoms with Crippen LogP contribution >= 0.6 is 34.7 Å². The van der Waals surface area contributed by atoms with Crippen LogP contribution in [0.25, 0.3) is 10.2 Å². The summed E-state index contributed by atoms with van der Waals surface area (Å²) in [5.41, 5.74) is 1.41. The minimum absolute atomic E-state index is 0.0469. The van der Waals surface area contributed by atoms with Gasteiger partial charge in [0.25, 0.3) is 5.91 Å². The predicted molar refractivity (Wildman–Crippen MR) is 126 cm³/mol. The zero-order chi connectivity index (χ0) is 20.9. The van der Waals surface area contributed by atoms with Gasteiger partial charge < -0.3 is 4.57 Å². The summed E-state index contributed by atoms with van der Waals surface area (Å²) in [5, 5.41) is 1.27. The molecule has 8 heteroatoms. The van der Waals surface area contributed by atoms with E-state index in [1.807, 2.05) is 53.2 Å². The first kappa shape index (κ1) is 20.9. The molecule has 0 aliphatic carbocycles. The lowest BCUT2D eigenvalue weighted by Crippen LogP contribution is -2.32. The van der Waals surface area contributed by atoms with Gasteiger partial charge in [0.15, 0.2) is 5.13 Å². The monoisotopic (exact) mass is 456 g/mol. The first-order valence-electron chi connectivity index (χ1n) is 9.71. The third-order valence-electron chi connectivity index (χ3n) is 4.58. The molecule has 0 atom stereocenters. The fourth-order valence-corrected chi connectivity index (χ4v) is 5.18. The second-order valence-electron chi connectivity index (χ2n) is 6.65. The Morgan fingerprint density at radius 3 is 2.90 bits per heavy atom. The largest absolute Gasteiger partial charge is 0.337 e. The van der Waals surface area contributed by atoms with Crippen molar-refractivity contribution in [2.75, 3.05) is 17.2 Å². The van der Waals surface area contributed by atoms with Gasteiger partial charge in [-0.2, -0.15) is 0 Å². The van der Waals surface area contributed by atoms with Gasteiger partial charge in [-0.15, -0.1) is 11.8 Å². The number of fused-ring (bicyclic) bond motifs is 1. The Morgan fingerprint density at radius 1 is 1.27 bits per heavy atom. The molecule has 0 saturated heterocycles. The summed E-state index contributed by atoms with van der Waals surface area (Å²) in [6, 6.07) is 13.5. The summed E-state index contributed by atoms with van der Waals surface area (Å²) < 4.78 is 2.98. The summed E-state index contributed by atoms with van der Waals surface area (Å²) in [4.78, 5) is 25.1. The number of thioether (sulfide) groups is 1. The van der Waals surface area contributed by atoms with E-state index in [9.17, 15) is 4.79 Å². The molecular weight excluding hydrogens is 436 g/mol. The number of carbonyl (C=O) groups is 1. The van der Waals surface area contributed by atoms with E-state index in [4.69, 9.17) is 16.6 Å². The fourth-order valence-electron chi connectivity index (χ4n) is 3.17. The summed E-state index contributed by atoms with van der Waals surface area (Å²) in [6.07, 6.45) is 6.26. The molecule has 4 aromatic rings. The molecule has 0 N–H and O–H groups in total. The number of nitrogens with zero attached hydrogens (tertiary/aromatic N) is 4. The maximum atomic E-state index is 13.5. The Bertz CT molecular complexity index is 1140. The molecule has 0 saturated carbocycles. The lowest BCUT2D eigenvalue weighted by atomic mass is 10.2. The van der Waals surface area contributed by atoms with Crippen molar-refractivity contribution in [2.24, 2.45) is 0 Å². The molecule has 1 amide bonds. The van der Waals surface area contributed by atoms with E-state index in [0.29, 0.717) is 22.3 Å². The number of rotatable bonds is 8. The highest BCUT2D eigenvalue weighted by molar-refractivity contribution is 7.99. The van der Waals surface area contributed by atoms with Gasteiger partial charge in [-0.3, -0.25) is 9.69 Å². The fraction of sp³-hybridized carbons (Fsp3) is 0.227. The molecule has 0 spiro atoms. The molecule has 5 nitrogen and oxygen atoms in total. The number of imidazole rings is 1. The molecule has 0 unspecified atom stereocenters. The van der Waals surface area contributed by atoms with Crippen molar-refractivity contribution in [1.82, 2.24) is 14.5 Å². The highest BCUT2D eigenvalue weighted by Crippen LogP contribution is 2.33. The third-order valence-corrected chi connectivity index (χ3v) is 6.81. The molecule has 30 heavy (non-hydrogen) atoms. The smallest absolute Gasteiger partial charge is 0.260 e. The normalized spacial score (nSPS) is 11.1. The Balaban J connectivity index is 1.64. The molecule has 2 aromatic heterocycles. The van der Waals surface area contributed by atoms with Gasteiger partial charge >= 0.3 is 0 Å². The number of para-hydroxylation sites is 1. The van der Waals surface area contributed by atoms with Gasteiger partial charge in [-0.1, -0.05) is 42.0 Å². The maximum Gasteiger partial charge on any atom is 0.260 e. The first-order chi connectivity index (χ1) is 14.7. The van der Waals surface area contributed by atoms with Crippen LogP contribution in [0.5, 0.6) is 0 Å². The molecule has 0 fully saturated rings. The van der Waals surface area contributed by atoms with Crippen molar-refractivity contribution >= 4 is 56.0 Å². The van der Waals surface area contributed by atoms with Crippen molar-refractivity contribution in [3.05, 3.63) is 71.8 Å². The standard InChI is InChI=1S/C22H21ClN4OS2/c1-2-29-17-7-3-6-16(14-17)21(28)27(12-5-11-26-13-10-24-15-26)22-25-20-18(23)8-4-9-19(20)30-22/h3-4,6-10,13-15H,2,5,11-12H2,1H3. The number of thiazole rings is 1. The zero-order valence-electron chi connectivity index (χ0n) is 16.5. The SMILES string of the molecule is CCSc1cccc(C(=O)N(CCCn2ccnc2)c2nc3c(Cl)cccc3s2)c1. The van der Waals surface area contributed by atoms with E-state index in [0.717, 1.165) is 33.8 Å². The van der Waals surface area contributed by atoms with E-state index in [2.05, 4.69) is 11.9 Å². The van der Waals surface area contributed by atoms with E-state index in [1.54, 1.807) is 29.2 Å². The van der Waals surface area contributed by atoms with Crippen molar-refractivity contribution in [3.63, 3.8) is 0 Å². The number of aromatic nitrogens is 3. The van der Waals surface area contributed by atoms with Gasteiger partial charge in [0.1, 0.15) is 5.52 Å². The lowest BCUT2D eigenvalue weighted by molar-refractivity contribution is 0.0986. The minimum Gasteiger partial charge on any atom is -0.337 e. The van der Waals surface area contributed by atoms with Crippen molar-refractivity contribution in [2.45, 2.75) is 24.8 Å². The van der Waals surface area contributed by atoms with Crippen LogP contribution in [0, 0.1) is 0 Å². The van der Waals surface area contributed by atoms with Gasteiger partial charge in [0.2, 0.25) is 0 Å². The van der Waals surface area contributed by atoms with Crippen LogP contribution in [-0.2, 0) is 6.54 Å². The highest BCUT2D eigenvalue weighted by Gasteiger charge is 2.22. The van der Waals surface area contributed by atoms with Crippen molar-refractivity contribution in [3.8, 4) is 0 Å². The second-order valence-corrected chi connectivity index (χ2v) is 9.41. The molecule has 2 aromatic carbocycles. The predicted octanol–water partition coefficient (Wildman–Crippen LogP) is 6.00. The molecule has 0 aliphatic rings. The molecule has 0 bridgehead atoms. The van der Waals surface area contributed by atoms with E-state index in [-0.39, 0.29) is 5.91 Å². The number of benzene rings is 2. The Morgan fingerprint density at radius 2 is 2.13 bits per heavy atom. The third kappa shape index (κ3) is 4.69. The molecule has 0 radical (unpaired) electrons. The first-order valence-corrected chi connectivity index (χ1v) is 11.9. The minimum atomic E-state index is -0.0469. The van der Waals surface area contributed by atoms with Gasteiger partial charge in [0.05, 0.1) is 16.0 Å². The summed E-state index contributed by atoms with van der Waals surface area (Å²) >= 11 is 9.54. The molecule has 2 heterocycles. The highest BCUT2D eigenvalue weighted by atomic mass is 35.5. The van der Waals surface area contributed by atoms with Crippen molar-refractivity contribution < 1.29 is 4.79 Å². The van der Waals surface area contributed by atoms with E-state index < -0.39 is 0 Å². The van der Waals surface area contributed by atoms with Crippen LogP contribution in [0.15, 0.2) is 66.1 Å². The topological polar surface area (TPSA) is 51.0 Å². The van der Waals surface area contributed by atoms with Crippen LogP contribution in [0.2, 0.25) is 5.02 Å². The van der Waals surface area contributed by atoms with Gasteiger partial charge in [0, 0.05) is 35.9 Å². The maximum absolute atomic E-state index is 13.5. The lowest BCUT2D eigenvalue weighted by Gasteiger charge is -2.20. The van der Waals surface area contributed by atoms with Gasteiger partial charge in [-0.05, 0) is 42.5 Å². The number of aryl methyl sites for hydroxylation is 1. The number of halogens is 1. The zero-order valence-corrected chi connectivity index (χ0v) is 18.9. The Labute approximate surface area is 188 Å². The second kappa shape index (κ2) is 9.64. The Kier molecular flexibility index (Phi) is 6.72. The van der Waals surface area contributed by atoms with E-state index in [1.165, 1.54) is 11.3 Å². The average molecular weight is 457 g/mol. The average Bonchev–Trinajstić information content (AvgIpc) is 3.42. The summed E-state index contributed by atoms with van der Waals surface area (Å²) in [6.45, 7) is 3.44. The number of amides is 1. The van der Waals surface area contributed by atoms with Crippen LogP contribution in [0.3, 0.4) is 0 Å². The summed E-state index contributed by atoms with van der Waals surface area (Å²) in [7, 11) is 0. The summed E-state index contributed by atoms with van der Waals surface area (Å²) in [5.74, 6) is 0.914. The molecule has 154 valence electrons. The van der Waals surface area contributed by atoms with Crippen molar-refractivity contribution in [1.29, 1.82) is 0 Å². The van der Waals surface area contributed by atoms with Gasteiger partial charge in [-0.25, -0.2) is 9.97 Å². The quantitative estimate of drug-likeness (QED) is 0.305. The van der Waals surface area contributed by atoms with Crippen LogP contribution in [-0.4, -0.2) is 32.7 Å². The number of hydrogen-bond donors (Lipinski definition) is 0. The van der Waals surface area contributed by atoms with Crippen LogP contribution in [0.4, 0.5) is 5.13 Å². The number of carbonyl (C=O) groups excluding carboxylic acids is 1. The van der Waals surface area contributed by atoms with Crippen LogP contribution in [0.1, 0.15) is 23.7 Å². The van der Waals surface area contributed by atoms with Crippen LogP contribution < -0.4 is 4.90 Å². The Hall–Kier alpha value is -2.35. The van der Waals surface area contributed by atoms with E-state index >= 15 is 0 Å². The molecular formula is C22H21ClN4OS2. The molecule has 0 aliphatic heterocycles. The number of anilines is 1.